The third-order valence-corrected chi connectivity index (χ3v) is 4.47. The van der Waals surface area contributed by atoms with E-state index in [2.05, 4.69) is 0 Å². The molecule has 0 aliphatic carbocycles. The summed E-state index contributed by atoms with van der Waals surface area (Å²) in [5.74, 6) is 0.0259. The van der Waals surface area contributed by atoms with Crippen LogP contribution in [0.25, 0.3) is 11.3 Å². The van der Waals surface area contributed by atoms with Crippen molar-refractivity contribution in [1.82, 2.24) is 0 Å². The fraction of sp³-hybridized carbons (Fsp3) is 0.0556. The maximum absolute atomic E-state index is 12.3. The van der Waals surface area contributed by atoms with Crippen LogP contribution in [0.4, 0.5) is 0 Å². The zero-order valence-corrected chi connectivity index (χ0v) is 13.1. The lowest BCUT2D eigenvalue weighted by atomic mass is 10.1. The third kappa shape index (κ3) is 2.96. The molecule has 1 heterocycles. The van der Waals surface area contributed by atoms with E-state index in [0.29, 0.717) is 11.1 Å². The first-order valence-electron chi connectivity index (χ1n) is 6.96. The van der Waals surface area contributed by atoms with Gasteiger partial charge in [-0.1, -0.05) is 42.1 Å². The summed E-state index contributed by atoms with van der Waals surface area (Å²) >= 11 is 1.14. The van der Waals surface area contributed by atoms with E-state index in [4.69, 9.17) is 4.42 Å². The first-order chi connectivity index (χ1) is 11.1. The van der Waals surface area contributed by atoms with Gasteiger partial charge in [0.25, 0.3) is 0 Å². The molecule has 116 valence electrons. The molecule has 0 spiro atoms. The van der Waals surface area contributed by atoms with Crippen molar-refractivity contribution in [3.63, 3.8) is 0 Å². The van der Waals surface area contributed by atoms with Crippen LogP contribution in [0.2, 0.25) is 0 Å². The van der Waals surface area contributed by atoms with Gasteiger partial charge in [0, 0.05) is 10.5 Å². The number of para-hydroxylation sites is 1. The SMILES string of the molecule is Cc1c(-c2ccccc2O)oc(=O)c(Sc2ccccc2)c1O. The summed E-state index contributed by atoms with van der Waals surface area (Å²) in [6, 6.07) is 15.8. The van der Waals surface area contributed by atoms with Crippen LogP contribution in [-0.4, -0.2) is 10.2 Å². The van der Waals surface area contributed by atoms with Crippen molar-refractivity contribution in [2.24, 2.45) is 0 Å². The van der Waals surface area contributed by atoms with Crippen molar-refractivity contribution in [2.45, 2.75) is 16.7 Å². The van der Waals surface area contributed by atoms with Crippen molar-refractivity contribution >= 4 is 11.8 Å². The maximum atomic E-state index is 12.3. The standard InChI is InChI=1S/C18H14O4S/c1-11-15(20)17(23-12-7-3-2-4-8-12)18(21)22-16(11)13-9-5-6-10-14(13)19/h2-10,19-20H,1H3. The highest BCUT2D eigenvalue weighted by Crippen LogP contribution is 2.39. The van der Waals surface area contributed by atoms with Gasteiger partial charge in [0.2, 0.25) is 0 Å². The molecule has 0 fully saturated rings. The Kier molecular flexibility index (Phi) is 4.12. The minimum absolute atomic E-state index is 0.0124. The van der Waals surface area contributed by atoms with Crippen LogP contribution >= 0.6 is 11.8 Å². The maximum Gasteiger partial charge on any atom is 0.354 e. The van der Waals surface area contributed by atoms with E-state index in [9.17, 15) is 15.0 Å². The topological polar surface area (TPSA) is 70.7 Å². The van der Waals surface area contributed by atoms with E-state index >= 15 is 0 Å². The van der Waals surface area contributed by atoms with Crippen LogP contribution in [0.15, 0.2) is 73.6 Å². The summed E-state index contributed by atoms with van der Waals surface area (Å²) in [6.07, 6.45) is 0. The molecule has 0 unspecified atom stereocenters. The van der Waals surface area contributed by atoms with Gasteiger partial charge >= 0.3 is 5.63 Å². The predicted octanol–water partition coefficient (Wildman–Crippen LogP) is 4.18. The van der Waals surface area contributed by atoms with E-state index < -0.39 is 5.63 Å². The molecule has 5 heteroatoms. The number of hydrogen-bond donors (Lipinski definition) is 2. The molecule has 4 nitrogen and oxygen atoms in total. The lowest BCUT2D eigenvalue weighted by Gasteiger charge is -2.11. The van der Waals surface area contributed by atoms with Gasteiger partial charge in [-0.15, -0.1) is 0 Å². The van der Waals surface area contributed by atoms with Gasteiger partial charge in [-0.2, -0.15) is 0 Å². The van der Waals surface area contributed by atoms with Crippen LogP contribution < -0.4 is 5.63 Å². The zero-order valence-electron chi connectivity index (χ0n) is 12.3. The van der Waals surface area contributed by atoms with Crippen LogP contribution in [0.1, 0.15) is 5.56 Å². The largest absolute Gasteiger partial charge is 0.507 e. The van der Waals surface area contributed by atoms with Crippen molar-refractivity contribution in [1.29, 1.82) is 0 Å². The molecule has 0 amide bonds. The molecule has 0 radical (unpaired) electrons. The molecule has 0 saturated heterocycles. The highest BCUT2D eigenvalue weighted by molar-refractivity contribution is 7.99. The molecule has 3 aromatic rings. The molecular weight excluding hydrogens is 312 g/mol. The summed E-state index contributed by atoms with van der Waals surface area (Å²) in [6.45, 7) is 1.65. The Hall–Kier alpha value is -2.66. The van der Waals surface area contributed by atoms with E-state index in [-0.39, 0.29) is 22.2 Å². The summed E-state index contributed by atoms with van der Waals surface area (Å²) in [5, 5.41) is 20.3. The Morgan fingerprint density at radius 1 is 0.957 bits per heavy atom. The Bertz CT molecular complexity index is 901. The second-order valence-electron chi connectivity index (χ2n) is 4.95. The van der Waals surface area contributed by atoms with Gasteiger partial charge in [-0.05, 0) is 31.2 Å². The van der Waals surface area contributed by atoms with Gasteiger partial charge < -0.3 is 14.6 Å². The molecule has 2 N–H and O–H groups in total. The highest BCUT2D eigenvalue weighted by Gasteiger charge is 2.20. The number of hydrogen-bond acceptors (Lipinski definition) is 5. The molecule has 1 aromatic heterocycles. The van der Waals surface area contributed by atoms with Gasteiger partial charge in [-0.3, -0.25) is 0 Å². The molecule has 0 bridgehead atoms. The minimum Gasteiger partial charge on any atom is -0.507 e. The smallest absolute Gasteiger partial charge is 0.354 e. The van der Waals surface area contributed by atoms with Crippen LogP contribution in [0, 0.1) is 6.92 Å². The quantitative estimate of drug-likeness (QED) is 0.755. The molecule has 0 aliphatic heterocycles. The molecule has 2 aromatic carbocycles. The van der Waals surface area contributed by atoms with Crippen molar-refractivity contribution in [2.75, 3.05) is 0 Å². The van der Waals surface area contributed by atoms with E-state index in [1.54, 1.807) is 25.1 Å². The first kappa shape index (κ1) is 15.2. The van der Waals surface area contributed by atoms with Crippen molar-refractivity contribution in [3.8, 4) is 22.8 Å². The third-order valence-electron chi connectivity index (χ3n) is 3.40. The lowest BCUT2D eigenvalue weighted by Crippen LogP contribution is -2.05. The number of benzene rings is 2. The van der Waals surface area contributed by atoms with Gasteiger partial charge in [0.05, 0.1) is 5.56 Å². The Balaban J connectivity index is 2.11. The first-order valence-corrected chi connectivity index (χ1v) is 7.77. The average Bonchev–Trinajstić information content (AvgIpc) is 2.57. The zero-order chi connectivity index (χ0) is 16.4. The second-order valence-corrected chi connectivity index (χ2v) is 6.04. The van der Waals surface area contributed by atoms with E-state index in [1.165, 1.54) is 6.07 Å². The molecule has 23 heavy (non-hydrogen) atoms. The Labute approximate surface area is 137 Å². The van der Waals surface area contributed by atoms with Gasteiger partial charge in [0.1, 0.15) is 22.2 Å². The summed E-state index contributed by atoms with van der Waals surface area (Å²) in [5.41, 5.74) is 0.137. The van der Waals surface area contributed by atoms with Crippen LogP contribution in [-0.2, 0) is 0 Å². The summed E-state index contributed by atoms with van der Waals surface area (Å²) < 4.78 is 5.36. The molecular formula is C18H14O4S. The number of rotatable bonds is 3. The predicted molar refractivity (Wildman–Crippen MR) is 89.0 cm³/mol. The number of phenols is 1. The van der Waals surface area contributed by atoms with Crippen molar-refractivity contribution < 1.29 is 14.6 Å². The van der Waals surface area contributed by atoms with Gasteiger partial charge in [-0.25, -0.2) is 4.79 Å². The minimum atomic E-state index is -0.639. The second kappa shape index (κ2) is 6.22. The van der Waals surface area contributed by atoms with E-state index in [0.717, 1.165) is 16.7 Å². The monoisotopic (exact) mass is 326 g/mol. The molecule has 3 rings (SSSR count). The molecule has 0 atom stereocenters. The van der Waals surface area contributed by atoms with E-state index in [1.807, 2.05) is 30.3 Å². The van der Waals surface area contributed by atoms with Crippen LogP contribution in [0.3, 0.4) is 0 Å². The fourth-order valence-electron chi connectivity index (χ4n) is 2.21. The Morgan fingerprint density at radius 3 is 2.30 bits per heavy atom. The normalized spacial score (nSPS) is 10.7. The average molecular weight is 326 g/mol. The highest BCUT2D eigenvalue weighted by atomic mass is 32.2. The lowest BCUT2D eigenvalue weighted by molar-refractivity contribution is 0.422. The van der Waals surface area contributed by atoms with Crippen molar-refractivity contribution in [3.05, 3.63) is 70.6 Å². The Morgan fingerprint density at radius 2 is 1.61 bits per heavy atom. The summed E-state index contributed by atoms with van der Waals surface area (Å²) in [7, 11) is 0. The summed E-state index contributed by atoms with van der Waals surface area (Å²) in [4.78, 5) is 13.2. The fourth-order valence-corrected chi connectivity index (χ4v) is 3.11. The number of aromatic hydroxyl groups is 2. The van der Waals surface area contributed by atoms with Crippen LogP contribution in [0.5, 0.6) is 11.5 Å². The molecule has 0 aliphatic rings. The van der Waals surface area contributed by atoms with Gasteiger partial charge in [0.15, 0.2) is 0 Å². The molecule has 0 saturated carbocycles. The number of phenolic OH excluding ortho intramolecular Hbond substituents is 1.